The van der Waals surface area contributed by atoms with Crippen LogP contribution in [-0.4, -0.2) is 86.3 Å². The Morgan fingerprint density at radius 3 is 2.33 bits per heavy atom. The molecule has 3 aromatic rings. The molecule has 0 bridgehead atoms. The molecule has 2 aliphatic heterocycles. The number of piperazine rings is 1. The lowest BCUT2D eigenvalue weighted by Crippen LogP contribution is -2.64. The molecule has 0 spiro atoms. The van der Waals surface area contributed by atoms with Crippen molar-refractivity contribution in [1.82, 2.24) is 24.4 Å². The molecule has 2 saturated heterocycles. The molecule has 154 valence electrons. The number of ether oxygens (including phenoxy) is 1. The van der Waals surface area contributed by atoms with Gasteiger partial charge in [0.15, 0.2) is 11.2 Å². The first-order valence-corrected chi connectivity index (χ1v) is 9.83. The number of rotatable bonds is 3. The summed E-state index contributed by atoms with van der Waals surface area (Å²) >= 11 is 0. The topological polar surface area (TPSA) is 100 Å². The van der Waals surface area contributed by atoms with Crippen molar-refractivity contribution in [3.8, 4) is 11.3 Å². The fourth-order valence-corrected chi connectivity index (χ4v) is 3.76. The zero-order chi connectivity index (χ0) is 20.7. The number of carbonyl (C=O) groups is 2. The van der Waals surface area contributed by atoms with Gasteiger partial charge in [0.2, 0.25) is 0 Å². The van der Waals surface area contributed by atoms with Crippen molar-refractivity contribution in [1.29, 1.82) is 0 Å². The highest BCUT2D eigenvalue weighted by Crippen LogP contribution is 2.22. The summed E-state index contributed by atoms with van der Waals surface area (Å²) in [6.07, 6.45) is 3.49. The van der Waals surface area contributed by atoms with Crippen LogP contribution in [0.25, 0.3) is 16.9 Å². The quantitative estimate of drug-likeness (QED) is 0.676. The molecule has 2 fully saturated rings. The second-order valence-electron chi connectivity index (χ2n) is 7.63. The van der Waals surface area contributed by atoms with Gasteiger partial charge in [-0.3, -0.25) is 9.59 Å². The highest BCUT2D eigenvalue weighted by molar-refractivity contribution is 5.95. The van der Waals surface area contributed by atoms with Gasteiger partial charge in [0, 0.05) is 49.7 Å². The summed E-state index contributed by atoms with van der Waals surface area (Å²) in [6, 6.07) is 11.1. The van der Waals surface area contributed by atoms with Crippen LogP contribution in [0.5, 0.6) is 0 Å². The van der Waals surface area contributed by atoms with E-state index in [4.69, 9.17) is 4.74 Å². The van der Waals surface area contributed by atoms with E-state index in [2.05, 4.69) is 10.1 Å². The third kappa shape index (κ3) is 3.21. The standard InChI is InChI=1S/C21H21N5O4/c27-19(24-9-11-25(12-10-24)20(28)21(29)13-30-14-21)16-3-1-15(2-4-16)17-5-6-18-22-7-8-26(18)23-17/h1-8,29H,9-14H2. The Bertz CT molecular complexity index is 1100. The van der Waals surface area contributed by atoms with Crippen LogP contribution in [0.2, 0.25) is 0 Å². The van der Waals surface area contributed by atoms with Crippen molar-refractivity contribution < 1.29 is 19.4 Å². The molecule has 0 aliphatic carbocycles. The van der Waals surface area contributed by atoms with E-state index in [1.54, 1.807) is 38.8 Å². The second kappa shape index (κ2) is 7.19. The van der Waals surface area contributed by atoms with Crippen LogP contribution < -0.4 is 0 Å². The summed E-state index contributed by atoms with van der Waals surface area (Å²) < 4.78 is 6.66. The van der Waals surface area contributed by atoms with E-state index >= 15 is 0 Å². The van der Waals surface area contributed by atoms with Crippen molar-refractivity contribution in [3.05, 3.63) is 54.4 Å². The van der Waals surface area contributed by atoms with Crippen LogP contribution in [0.15, 0.2) is 48.8 Å². The predicted molar refractivity (Wildman–Crippen MR) is 107 cm³/mol. The van der Waals surface area contributed by atoms with Crippen molar-refractivity contribution in [2.75, 3.05) is 39.4 Å². The lowest BCUT2D eigenvalue weighted by molar-refractivity contribution is -0.201. The third-order valence-corrected chi connectivity index (χ3v) is 5.62. The van der Waals surface area contributed by atoms with Gasteiger partial charge in [-0.2, -0.15) is 5.10 Å². The summed E-state index contributed by atoms with van der Waals surface area (Å²) in [6.45, 7) is 1.75. The van der Waals surface area contributed by atoms with Gasteiger partial charge in [-0.25, -0.2) is 9.50 Å². The van der Waals surface area contributed by atoms with Gasteiger partial charge in [0.25, 0.3) is 11.8 Å². The van der Waals surface area contributed by atoms with Crippen LogP contribution in [-0.2, 0) is 9.53 Å². The van der Waals surface area contributed by atoms with Gasteiger partial charge in [-0.05, 0) is 24.3 Å². The van der Waals surface area contributed by atoms with Crippen LogP contribution in [0.3, 0.4) is 0 Å². The molecule has 2 aliphatic rings. The zero-order valence-electron chi connectivity index (χ0n) is 16.3. The predicted octanol–water partition coefficient (Wildman–Crippen LogP) is 0.442. The molecule has 9 heteroatoms. The van der Waals surface area contributed by atoms with E-state index in [0.717, 1.165) is 16.9 Å². The maximum atomic E-state index is 12.9. The number of carbonyl (C=O) groups excluding carboxylic acids is 2. The second-order valence-corrected chi connectivity index (χ2v) is 7.63. The van der Waals surface area contributed by atoms with Gasteiger partial charge in [-0.15, -0.1) is 0 Å². The van der Waals surface area contributed by atoms with E-state index < -0.39 is 5.60 Å². The van der Waals surface area contributed by atoms with Crippen LogP contribution in [0, 0.1) is 0 Å². The molecular formula is C21H21N5O4. The van der Waals surface area contributed by atoms with Crippen molar-refractivity contribution in [3.63, 3.8) is 0 Å². The van der Waals surface area contributed by atoms with E-state index in [9.17, 15) is 14.7 Å². The molecule has 0 saturated carbocycles. The summed E-state index contributed by atoms with van der Waals surface area (Å²) in [4.78, 5) is 32.7. The Labute approximate surface area is 172 Å². The van der Waals surface area contributed by atoms with Crippen LogP contribution >= 0.6 is 0 Å². The molecule has 5 rings (SSSR count). The molecule has 0 atom stereocenters. The third-order valence-electron chi connectivity index (χ3n) is 5.62. The fourth-order valence-electron chi connectivity index (χ4n) is 3.76. The number of aliphatic hydroxyl groups is 1. The highest BCUT2D eigenvalue weighted by atomic mass is 16.5. The molecular weight excluding hydrogens is 386 g/mol. The van der Waals surface area contributed by atoms with Gasteiger partial charge < -0.3 is 19.6 Å². The summed E-state index contributed by atoms with van der Waals surface area (Å²) in [5.74, 6) is -0.384. The molecule has 1 N–H and O–H groups in total. The number of aromatic nitrogens is 3. The SMILES string of the molecule is O=C(c1ccc(-c2ccc3nccn3n2)cc1)N1CCN(C(=O)C2(O)COC2)CC1. The van der Waals surface area contributed by atoms with E-state index in [1.807, 2.05) is 24.3 Å². The number of imidazole rings is 1. The Morgan fingerprint density at radius 2 is 1.67 bits per heavy atom. The average Bonchev–Trinajstić information content (AvgIpc) is 3.24. The molecule has 2 amide bonds. The summed E-state index contributed by atoms with van der Waals surface area (Å²) in [5.41, 5.74) is 1.68. The number of nitrogens with zero attached hydrogens (tertiary/aromatic N) is 5. The maximum absolute atomic E-state index is 12.9. The van der Waals surface area contributed by atoms with Crippen molar-refractivity contribution in [2.45, 2.75) is 5.60 Å². The minimum absolute atomic E-state index is 0.0416. The first-order chi connectivity index (χ1) is 14.5. The monoisotopic (exact) mass is 407 g/mol. The lowest BCUT2D eigenvalue weighted by Gasteiger charge is -2.42. The Morgan fingerprint density at radius 1 is 0.967 bits per heavy atom. The first-order valence-electron chi connectivity index (χ1n) is 9.83. The Kier molecular flexibility index (Phi) is 4.48. The van der Waals surface area contributed by atoms with E-state index in [1.165, 1.54) is 0 Å². The van der Waals surface area contributed by atoms with Crippen molar-refractivity contribution >= 4 is 17.5 Å². The van der Waals surface area contributed by atoms with Gasteiger partial charge in [0.05, 0.1) is 18.9 Å². The number of amides is 2. The van der Waals surface area contributed by atoms with Crippen molar-refractivity contribution in [2.24, 2.45) is 0 Å². The molecule has 2 aromatic heterocycles. The number of hydrogen-bond acceptors (Lipinski definition) is 6. The molecule has 0 unspecified atom stereocenters. The summed E-state index contributed by atoms with van der Waals surface area (Å²) in [7, 11) is 0. The lowest BCUT2D eigenvalue weighted by atomic mass is 10.00. The van der Waals surface area contributed by atoms with E-state index in [0.29, 0.717) is 31.7 Å². The highest BCUT2D eigenvalue weighted by Gasteiger charge is 2.46. The zero-order valence-corrected chi connectivity index (χ0v) is 16.3. The molecule has 0 radical (unpaired) electrons. The van der Waals surface area contributed by atoms with Gasteiger partial charge >= 0.3 is 0 Å². The number of hydrogen-bond donors (Lipinski definition) is 1. The van der Waals surface area contributed by atoms with Crippen LogP contribution in [0.1, 0.15) is 10.4 Å². The van der Waals surface area contributed by atoms with E-state index in [-0.39, 0.29) is 25.0 Å². The van der Waals surface area contributed by atoms with Gasteiger partial charge in [-0.1, -0.05) is 12.1 Å². The molecule has 30 heavy (non-hydrogen) atoms. The Balaban J connectivity index is 1.24. The van der Waals surface area contributed by atoms with Crippen LogP contribution in [0.4, 0.5) is 0 Å². The maximum Gasteiger partial charge on any atom is 0.259 e. The first kappa shape index (κ1) is 18.7. The minimum atomic E-state index is -1.39. The average molecular weight is 407 g/mol. The number of benzene rings is 1. The van der Waals surface area contributed by atoms with Gasteiger partial charge in [0.1, 0.15) is 0 Å². The normalized spacial score (nSPS) is 18.3. The Hall–Kier alpha value is -3.30. The molecule has 1 aromatic carbocycles. The minimum Gasteiger partial charge on any atom is -0.376 e. The molecule has 9 nitrogen and oxygen atoms in total. The largest absolute Gasteiger partial charge is 0.376 e. The summed E-state index contributed by atoms with van der Waals surface area (Å²) in [5, 5.41) is 14.7. The molecule has 4 heterocycles. The number of fused-ring (bicyclic) bond motifs is 1. The fraction of sp³-hybridized carbons (Fsp3) is 0.333. The smallest absolute Gasteiger partial charge is 0.259 e.